The molecule has 2 aromatic rings. The number of nitrogens with one attached hydrogen (secondary N) is 1. The Hall–Kier alpha value is -2.90. The highest BCUT2D eigenvalue weighted by Gasteiger charge is 2.31. The summed E-state index contributed by atoms with van der Waals surface area (Å²) in [7, 11) is 0. The van der Waals surface area contributed by atoms with Gasteiger partial charge >= 0.3 is 6.03 Å². The van der Waals surface area contributed by atoms with Crippen LogP contribution in [-0.4, -0.2) is 39.2 Å². The highest BCUT2D eigenvalue weighted by molar-refractivity contribution is 6.01. The Morgan fingerprint density at radius 2 is 1.82 bits per heavy atom. The Morgan fingerprint density at radius 3 is 2.50 bits per heavy atom. The zero-order valence-corrected chi connectivity index (χ0v) is 15.7. The molecule has 1 aromatic heterocycles. The molecule has 1 saturated carbocycles. The van der Waals surface area contributed by atoms with Gasteiger partial charge in [0.25, 0.3) is 5.91 Å². The average molecular weight is 385 g/mol. The number of benzene rings is 1. The summed E-state index contributed by atoms with van der Waals surface area (Å²) < 4.78 is 15.1. The summed E-state index contributed by atoms with van der Waals surface area (Å²) in [6.07, 6.45) is 5.35. The summed E-state index contributed by atoms with van der Waals surface area (Å²) in [4.78, 5) is 26.4. The molecule has 8 heteroatoms. The van der Waals surface area contributed by atoms with E-state index in [4.69, 9.17) is 5.73 Å². The van der Waals surface area contributed by atoms with Crippen molar-refractivity contribution in [2.24, 2.45) is 5.73 Å². The molecule has 0 unspecified atom stereocenters. The van der Waals surface area contributed by atoms with Crippen LogP contribution in [0, 0.1) is 5.82 Å². The van der Waals surface area contributed by atoms with Gasteiger partial charge in [0.15, 0.2) is 0 Å². The third-order valence-electron chi connectivity index (χ3n) is 5.58. The molecule has 4 rings (SSSR count). The van der Waals surface area contributed by atoms with Gasteiger partial charge in [0, 0.05) is 18.2 Å². The maximum atomic E-state index is 13.4. The van der Waals surface area contributed by atoms with Crippen LogP contribution in [0.5, 0.6) is 0 Å². The molecule has 0 atom stereocenters. The molecule has 2 heterocycles. The number of rotatable bonds is 3. The van der Waals surface area contributed by atoms with Gasteiger partial charge in [-0.1, -0.05) is 19.3 Å². The summed E-state index contributed by atoms with van der Waals surface area (Å²) in [6, 6.07) is 5.57. The standard InChI is InChI=1S/C20H24FN5O2/c21-14-8-6-13(7-9-14)18-17(19(27)23-15-4-2-1-3-5-15)16-12-25(20(22)28)10-11-26(16)24-18/h6-9,15H,1-5,10-12H2,(H2,22,28)(H,23,27). The number of halogens is 1. The number of primary amides is 1. The fraction of sp³-hybridized carbons (Fsp3) is 0.450. The maximum Gasteiger partial charge on any atom is 0.315 e. The predicted octanol–water partition coefficient (Wildman–Crippen LogP) is 2.65. The van der Waals surface area contributed by atoms with E-state index in [1.165, 1.54) is 23.5 Å². The first-order chi connectivity index (χ1) is 13.5. The van der Waals surface area contributed by atoms with E-state index in [2.05, 4.69) is 10.4 Å². The van der Waals surface area contributed by atoms with Gasteiger partial charge in [0.2, 0.25) is 0 Å². The second-order valence-corrected chi connectivity index (χ2v) is 7.47. The van der Waals surface area contributed by atoms with E-state index in [1.807, 2.05) is 0 Å². The fourth-order valence-corrected chi connectivity index (χ4v) is 4.06. The van der Waals surface area contributed by atoms with Crippen molar-refractivity contribution in [3.05, 3.63) is 41.3 Å². The Morgan fingerprint density at radius 1 is 1.11 bits per heavy atom. The van der Waals surface area contributed by atoms with Crippen molar-refractivity contribution >= 4 is 11.9 Å². The molecule has 2 aliphatic rings. The number of aromatic nitrogens is 2. The van der Waals surface area contributed by atoms with Crippen molar-refractivity contribution in [1.82, 2.24) is 20.0 Å². The molecule has 1 fully saturated rings. The first-order valence-corrected chi connectivity index (χ1v) is 9.74. The predicted molar refractivity (Wildman–Crippen MR) is 102 cm³/mol. The van der Waals surface area contributed by atoms with Crippen molar-refractivity contribution in [2.45, 2.75) is 51.2 Å². The summed E-state index contributed by atoms with van der Waals surface area (Å²) in [5.74, 6) is -0.542. The first kappa shape index (κ1) is 18.5. The zero-order chi connectivity index (χ0) is 19.7. The molecule has 28 heavy (non-hydrogen) atoms. The van der Waals surface area contributed by atoms with E-state index < -0.39 is 6.03 Å². The van der Waals surface area contributed by atoms with Gasteiger partial charge in [-0.3, -0.25) is 9.48 Å². The minimum Gasteiger partial charge on any atom is -0.351 e. The van der Waals surface area contributed by atoms with Crippen LogP contribution in [0.15, 0.2) is 24.3 Å². The number of fused-ring (bicyclic) bond motifs is 1. The van der Waals surface area contributed by atoms with Crippen molar-refractivity contribution in [3.63, 3.8) is 0 Å². The lowest BCUT2D eigenvalue weighted by Gasteiger charge is -2.27. The van der Waals surface area contributed by atoms with Crippen LogP contribution in [0.3, 0.4) is 0 Å². The Labute approximate surface area is 162 Å². The van der Waals surface area contributed by atoms with E-state index in [0.717, 1.165) is 25.7 Å². The average Bonchev–Trinajstić information content (AvgIpc) is 3.08. The largest absolute Gasteiger partial charge is 0.351 e. The number of hydrogen-bond acceptors (Lipinski definition) is 3. The van der Waals surface area contributed by atoms with Crippen LogP contribution in [0.2, 0.25) is 0 Å². The van der Waals surface area contributed by atoms with Gasteiger partial charge in [-0.25, -0.2) is 9.18 Å². The molecule has 0 saturated heterocycles. The minimum atomic E-state index is -0.519. The number of urea groups is 1. The lowest BCUT2D eigenvalue weighted by Crippen LogP contribution is -2.42. The fourth-order valence-electron chi connectivity index (χ4n) is 4.06. The lowest BCUT2D eigenvalue weighted by molar-refractivity contribution is 0.0925. The highest BCUT2D eigenvalue weighted by atomic mass is 19.1. The number of amides is 3. The first-order valence-electron chi connectivity index (χ1n) is 9.74. The third-order valence-corrected chi connectivity index (χ3v) is 5.58. The maximum absolute atomic E-state index is 13.4. The summed E-state index contributed by atoms with van der Waals surface area (Å²) in [5.41, 5.74) is 7.74. The molecular weight excluding hydrogens is 361 g/mol. The minimum absolute atomic E-state index is 0.147. The normalized spacial score (nSPS) is 17.2. The quantitative estimate of drug-likeness (QED) is 0.851. The van der Waals surface area contributed by atoms with E-state index >= 15 is 0 Å². The van der Waals surface area contributed by atoms with Crippen LogP contribution in [0.1, 0.15) is 48.2 Å². The number of carbonyl (C=O) groups is 2. The van der Waals surface area contributed by atoms with Gasteiger partial charge in [0.1, 0.15) is 11.5 Å². The molecule has 1 aromatic carbocycles. The summed E-state index contributed by atoms with van der Waals surface area (Å²) >= 11 is 0. The molecular formula is C20H24FN5O2. The molecule has 1 aliphatic heterocycles. The summed E-state index contributed by atoms with van der Waals surface area (Å²) in [5, 5.41) is 7.75. The number of nitrogens with two attached hydrogens (primary N) is 1. The molecule has 3 amide bonds. The summed E-state index contributed by atoms with van der Waals surface area (Å²) in [6.45, 7) is 1.14. The molecule has 148 valence electrons. The Balaban J connectivity index is 1.72. The van der Waals surface area contributed by atoms with Crippen molar-refractivity contribution in [1.29, 1.82) is 0 Å². The van der Waals surface area contributed by atoms with Crippen LogP contribution in [0.25, 0.3) is 11.3 Å². The van der Waals surface area contributed by atoms with Crippen LogP contribution in [0.4, 0.5) is 9.18 Å². The van der Waals surface area contributed by atoms with Crippen LogP contribution >= 0.6 is 0 Å². The topological polar surface area (TPSA) is 93.2 Å². The SMILES string of the molecule is NC(=O)N1CCn2nc(-c3ccc(F)cc3)c(C(=O)NC3CCCCC3)c2C1. The third kappa shape index (κ3) is 3.58. The molecule has 1 aliphatic carbocycles. The Kier molecular flexibility index (Phi) is 5.02. The van der Waals surface area contributed by atoms with Crippen molar-refractivity contribution in [3.8, 4) is 11.3 Å². The van der Waals surface area contributed by atoms with Gasteiger partial charge in [-0.05, 0) is 37.1 Å². The van der Waals surface area contributed by atoms with E-state index in [0.29, 0.717) is 35.6 Å². The number of hydrogen-bond donors (Lipinski definition) is 2. The zero-order valence-electron chi connectivity index (χ0n) is 15.7. The number of nitrogens with zero attached hydrogens (tertiary/aromatic N) is 3. The van der Waals surface area contributed by atoms with Crippen molar-refractivity contribution in [2.75, 3.05) is 6.54 Å². The molecule has 3 N–H and O–H groups in total. The molecule has 0 radical (unpaired) electrons. The molecule has 0 spiro atoms. The smallest absolute Gasteiger partial charge is 0.315 e. The molecule has 7 nitrogen and oxygen atoms in total. The molecule has 0 bridgehead atoms. The van der Waals surface area contributed by atoms with Crippen LogP contribution < -0.4 is 11.1 Å². The highest BCUT2D eigenvalue weighted by Crippen LogP contribution is 2.29. The lowest BCUT2D eigenvalue weighted by atomic mass is 9.95. The van der Waals surface area contributed by atoms with E-state index in [1.54, 1.807) is 16.8 Å². The van der Waals surface area contributed by atoms with Gasteiger partial charge in [-0.15, -0.1) is 0 Å². The van der Waals surface area contributed by atoms with E-state index in [-0.39, 0.29) is 24.3 Å². The monoisotopic (exact) mass is 385 g/mol. The van der Waals surface area contributed by atoms with Gasteiger partial charge in [-0.2, -0.15) is 5.10 Å². The number of carbonyl (C=O) groups excluding carboxylic acids is 2. The second-order valence-electron chi connectivity index (χ2n) is 7.47. The van der Waals surface area contributed by atoms with Crippen LogP contribution in [-0.2, 0) is 13.1 Å². The van der Waals surface area contributed by atoms with Gasteiger partial charge in [0.05, 0.1) is 24.3 Å². The second kappa shape index (κ2) is 7.61. The van der Waals surface area contributed by atoms with Crippen molar-refractivity contribution < 1.29 is 14.0 Å². The Bertz CT molecular complexity index is 887. The van der Waals surface area contributed by atoms with Gasteiger partial charge < -0.3 is 16.0 Å². The van der Waals surface area contributed by atoms with E-state index in [9.17, 15) is 14.0 Å².